The lowest BCUT2D eigenvalue weighted by atomic mass is 10.1. The Labute approximate surface area is 124 Å². The minimum absolute atomic E-state index is 0.190. The lowest BCUT2D eigenvalue weighted by molar-refractivity contribution is 0.0252. The Morgan fingerprint density at radius 1 is 1.21 bits per heavy atom. The minimum Gasteiger partial charge on any atom is -0.389 e. The zero-order valence-corrected chi connectivity index (χ0v) is 13.5. The van der Waals surface area contributed by atoms with Crippen LogP contribution in [0, 0.1) is 5.92 Å². The predicted octanol–water partition coefficient (Wildman–Crippen LogP) is 3.13. The van der Waals surface area contributed by atoms with Gasteiger partial charge in [0, 0.05) is 23.7 Å². The first-order valence-corrected chi connectivity index (χ1v) is 7.53. The van der Waals surface area contributed by atoms with Crippen molar-refractivity contribution in [1.82, 2.24) is 5.32 Å². The van der Waals surface area contributed by atoms with Gasteiger partial charge in [-0.1, -0.05) is 48.0 Å². The molecule has 1 aromatic carbocycles. The third-order valence-corrected chi connectivity index (χ3v) is 3.51. The van der Waals surface area contributed by atoms with Crippen molar-refractivity contribution in [2.45, 2.75) is 32.9 Å². The maximum absolute atomic E-state index is 9.83. The van der Waals surface area contributed by atoms with Crippen molar-refractivity contribution < 1.29 is 9.84 Å². The molecule has 0 aromatic heterocycles. The summed E-state index contributed by atoms with van der Waals surface area (Å²) in [4.78, 5) is 0. The number of ether oxygens (including phenoxy) is 1. The first-order valence-electron chi connectivity index (χ1n) is 6.74. The van der Waals surface area contributed by atoms with Crippen LogP contribution in [0.5, 0.6) is 0 Å². The Morgan fingerprint density at radius 3 is 2.53 bits per heavy atom. The van der Waals surface area contributed by atoms with Gasteiger partial charge in [-0.3, -0.25) is 0 Å². The zero-order valence-electron chi connectivity index (χ0n) is 11.9. The number of benzene rings is 1. The van der Waals surface area contributed by atoms with E-state index in [2.05, 4.69) is 48.1 Å². The van der Waals surface area contributed by atoms with E-state index in [0.717, 1.165) is 4.47 Å². The van der Waals surface area contributed by atoms with E-state index >= 15 is 0 Å². The molecule has 2 unspecified atom stereocenters. The molecule has 19 heavy (non-hydrogen) atoms. The maximum Gasteiger partial charge on any atom is 0.0897 e. The van der Waals surface area contributed by atoms with Crippen LogP contribution in [0.25, 0.3) is 0 Å². The monoisotopic (exact) mass is 329 g/mol. The largest absolute Gasteiger partial charge is 0.389 e. The van der Waals surface area contributed by atoms with Crippen molar-refractivity contribution in [3.05, 3.63) is 34.3 Å². The van der Waals surface area contributed by atoms with Gasteiger partial charge in [-0.2, -0.15) is 0 Å². The van der Waals surface area contributed by atoms with Gasteiger partial charge in [-0.15, -0.1) is 0 Å². The maximum atomic E-state index is 9.83. The molecule has 0 bridgehead atoms. The van der Waals surface area contributed by atoms with E-state index in [1.807, 2.05) is 18.2 Å². The van der Waals surface area contributed by atoms with Gasteiger partial charge in [0.25, 0.3) is 0 Å². The van der Waals surface area contributed by atoms with Crippen LogP contribution in [-0.2, 0) is 4.74 Å². The van der Waals surface area contributed by atoms with Gasteiger partial charge in [0.1, 0.15) is 0 Å². The summed E-state index contributed by atoms with van der Waals surface area (Å²) >= 11 is 3.53. The number of hydrogen-bond acceptors (Lipinski definition) is 3. The van der Waals surface area contributed by atoms with Crippen molar-refractivity contribution in [3.8, 4) is 0 Å². The quantitative estimate of drug-likeness (QED) is 0.769. The van der Waals surface area contributed by atoms with Crippen LogP contribution in [0.15, 0.2) is 28.7 Å². The van der Waals surface area contributed by atoms with Gasteiger partial charge in [-0.25, -0.2) is 0 Å². The van der Waals surface area contributed by atoms with Crippen molar-refractivity contribution in [2.24, 2.45) is 5.92 Å². The normalized spacial score (nSPS) is 14.6. The molecular formula is C15H24BrNO2. The van der Waals surface area contributed by atoms with E-state index in [-0.39, 0.29) is 6.04 Å². The van der Waals surface area contributed by atoms with Crippen molar-refractivity contribution in [1.29, 1.82) is 0 Å². The second kappa shape index (κ2) is 8.69. The fourth-order valence-electron chi connectivity index (χ4n) is 1.75. The smallest absolute Gasteiger partial charge is 0.0897 e. The lowest BCUT2D eigenvalue weighted by Gasteiger charge is -2.19. The van der Waals surface area contributed by atoms with E-state index in [1.165, 1.54) is 5.56 Å². The highest BCUT2D eigenvalue weighted by Gasteiger charge is 2.11. The lowest BCUT2D eigenvalue weighted by Crippen LogP contribution is -2.32. The minimum atomic E-state index is -0.469. The number of aliphatic hydroxyl groups is 1. The number of halogens is 1. The summed E-state index contributed by atoms with van der Waals surface area (Å²) < 4.78 is 6.50. The summed E-state index contributed by atoms with van der Waals surface area (Å²) in [5.74, 6) is 0.499. The summed E-state index contributed by atoms with van der Waals surface area (Å²) in [6.07, 6.45) is -0.469. The molecule has 0 radical (unpaired) electrons. The molecule has 0 spiro atoms. The van der Waals surface area contributed by atoms with E-state index < -0.39 is 6.10 Å². The highest BCUT2D eigenvalue weighted by molar-refractivity contribution is 9.10. The molecule has 0 aliphatic heterocycles. The molecule has 0 amide bonds. The van der Waals surface area contributed by atoms with Crippen LogP contribution in [0.4, 0.5) is 0 Å². The van der Waals surface area contributed by atoms with Crippen LogP contribution in [0.3, 0.4) is 0 Å². The van der Waals surface area contributed by atoms with Gasteiger partial charge in [0.05, 0.1) is 12.7 Å². The third kappa shape index (κ3) is 6.52. The molecule has 2 atom stereocenters. The Morgan fingerprint density at radius 2 is 1.89 bits per heavy atom. The molecule has 4 heteroatoms. The van der Waals surface area contributed by atoms with Gasteiger partial charge >= 0.3 is 0 Å². The molecule has 1 rings (SSSR count). The van der Waals surface area contributed by atoms with Crippen molar-refractivity contribution in [3.63, 3.8) is 0 Å². The molecule has 108 valence electrons. The molecule has 0 saturated heterocycles. The van der Waals surface area contributed by atoms with E-state index in [4.69, 9.17) is 4.74 Å². The summed E-state index contributed by atoms with van der Waals surface area (Å²) in [5.41, 5.74) is 1.19. The topological polar surface area (TPSA) is 41.5 Å². The van der Waals surface area contributed by atoms with Gasteiger partial charge in [-0.05, 0) is 24.5 Å². The van der Waals surface area contributed by atoms with Gasteiger partial charge in [0.2, 0.25) is 0 Å². The van der Waals surface area contributed by atoms with E-state index in [1.54, 1.807) is 0 Å². The molecule has 3 nitrogen and oxygen atoms in total. The molecule has 2 N–H and O–H groups in total. The first-order chi connectivity index (χ1) is 9.00. The van der Waals surface area contributed by atoms with Crippen molar-refractivity contribution in [2.75, 3.05) is 19.8 Å². The Bertz CT molecular complexity index is 371. The number of rotatable bonds is 8. The summed E-state index contributed by atoms with van der Waals surface area (Å²) in [6, 6.07) is 8.30. The van der Waals surface area contributed by atoms with Gasteiger partial charge < -0.3 is 15.2 Å². The van der Waals surface area contributed by atoms with Crippen molar-refractivity contribution >= 4 is 15.9 Å². The molecule has 0 aliphatic rings. The van der Waals surface area contributed by atoms with Gasteiger partial charge in [0.15, 0.2) is 0 Å². The Balaban J connectivity index is 2.30. The standard InChI is InChI=1S/C15H24BrNO2/c1-11(2)9-19-10-13(18)8-17-12(3)14-6-4-5-7-15(14)16/h4-7,11-13,17-18H,8-10H2,1-3H3. The molecule has 0 heterocycles. The Kier molecular flexibility index (Phi) is 7.61. The number of hydrogen-bond donors (Lipinski definition) is 2. The van der Waals surface area contributed by atoms with Crippen LogP contribution in [0.1, 0.15) is 32.4 Å². The fourth-order valence-corrected chi connectivity index (χ4v) is 2.38. The molecule has 0 aliphatic carbocycles. The zero-order chi connectivity index (χ0) is 14.3. The van der Waals surface area contributed by atoms with Crippen LogP contribution >= 0.6 is 15.9 Å². The molecule has 1 aromatic rings. The third-order valence-electron chi connectivity index (χ3n) is 2.79. The van der Waals surface area contributed by atoms with Crippen LogP contribution in [-0.4, -0.2) is 31.0 Å². The summed E-state index contributed by atoms with van der Waals surface area (Å²) in [6.45, 7) is 7.88. The average Bonchev–Trinajstić information content (AvgIpc) is 2.36. The van der Waals surface area contributed by atoms with E-state index in [0.29, 0.717) is 25.7 Å². The second-order valence-corrected chi connectivity index (χ2v) is 6.09. The number of nitrogens with one attached hydrogen (secondary N) is 1. The highest BCUT2D eigenvalue weighted by atomic mass is 79.9. The molecule has 0 fully saturated rings. The van der Waals surface area contributed by atoms with E-state index in [9.17, 15) is 5.11 Å². The summed E-state index contributed by atoms with van der Waals surface area (Å²) in [7, 11) is 0. The average molecular weight is 330 g/mol. The summed E-state index contributed by atoms with van der Waals surface area (Å²) in [5, 5.41) is 13.1. The second-order valence-electron chi connectivity index (χ2n) is 5.24. The first kappa shape index (κ1) is 16.6. The fraction of sp³-hybridized carbons (Fsp3) is 0.600. The number of aliphatic hydroxyl groups excluding tert-OH is 1. The molecule has 0 saturated carbocycles. The Hall–Kier alpha value is -0.420. The van der Waals surface area contributed by atoms with Crippen LogP contribution < -0.4 is 5.32 Å². The molecular weight excluding hydrogens is 306 g/mol. The SMILES string of the molecule is CC(C)COCC(O)CNC(C)c1ccccc1Br. The van der Waals surface area contributed by atoms with Crippen LogP contribution in [0.2, 0.25) is 0 Å². The highest BCUT2D eigenvalue weighted by Crippen LogP contribution is 2.22. The predicted molar refractivity (Wildman–Crippen MR) is 82.2 cm³/mol.